The molecule has 0 unspecified atom stereocenters. The third-order valence-electron chi connectivity index (χ3n) is 6.75. The van der Waals surface area contributed by atoms with Gasteiger partial charge in [-0.25, -0.2) is 24.1 Å². The second kappa shape index (κ2) is 11.0. The minimum absolute atomic E-state index is 0.106. The molecule has 1 aromatic carbocycles. The van der Waals surface area contributed by atoms with E-state index in [1.54, 1.807) is 20.7 Å². The summed E-state index contributed by atoms with van der Waals surface area (Å²) in [6, 6.07) is 6.42. The third kappa shape index (κ3) is 5.49. The summed E-state index contributed by atoms with van der Waals surface area (Å²) < 4.78 is 2.01. The molecule has 2 aliphatic heterocycles. The molecule has 0 spiro atoms. The summed E-state index contributed by atoms with van der Waals surface area (Å²) in [5, 5.41) is 9.48. The molecule has 10 nitrogen and oxygen atoms in total. The number of halogens is 1. The van der Waals surface area contributed by atoms with E-state index in [9.17, 15) is 14.4 Å². The van der Waals surface area contributed by atoms with Gasteiger partial charge in [-0.05, 0) is 44.7 Å². The van der Waals surface area contributed by atoms with Crippen LogP contribution < -0.4 is 10.6 Å². The van der Waals surface area contributed by atoms with Crippen molar-refractivity contribution in [2.24, 2.45) is 0 Å². The van der Waals surface area contributed by atoms with Crippen LogP contribution in [-0.4, -0.2) is 85.7 Å². The number of aromatic nitrogens is 2. The molecule has 4 rings (SSSR count). The number of carbonyl (C=O) groups excluding carboxylic acids is 3. The number of amides is 4. The van der Waals surface area contributed by atoms with Crippen molar-refractivity contribution in [3.05, 3.63) is 47.5 Å². The number of hydrogen-bond donors (Lipinski definition) is 2. The largest absolute Gasteiger partial charge is 0.344 e. The Morgan fingerprint density at radius 1 is 1.17 bits per heavy atom. The van der Waals surface area contributed by atoms with Crippen molar-refractivity contribution >= 4 is 58.0 Å². The molecule has 2 aromatic rings. The van der Waals surface area contributed by atoms with Crippen molar-refractivity contribution < 1.29 is 14.4 Å². The van der Waals surface area contributed by atoms with Crippen LogP contribution in [-0.2, 0) is 15.8 Å². The van der Waals surface area contributed by atoms with E-state index in [2.05, 4.69) is 38.2 Å². The number of hydrogen-bond acceptors (Lipinski definition) is 6. The molecule has 12 heteroatoms. The van der Waals surface area contributed by atoms with Gasteiger partial charge in [0.1, 0.15) is 11.9 Å². The van der Waals surface area contributed by atoms with Crippen LogP contribution in [0.25, 0.3) is 0 Å². The summed E-state index contributed by atoms with van der Waals surface area (Å²) in [5.41, 5.74) is 2.72. The maximum atomic E-state index is 13.6. The summed E-state index contributed by atoms with van der Waals surface area (Å²) >= 11 is 3.83. The normalized spacial score (nSPS) is 17.2. The average Bonchev–Trinajstić information content (AvgIpc) is 3.41. The number of rotatable bonds is 7. The molecule has 2 N–H and O–H groups in total. The quantitative estimate of drug-likeness (QED) is 0.362. The molecule has 1 aromatic heterocycles. The van der Waals surface area contributed by atoms with E-state index in [1.165, 1.54) is 17.3 Å². The zero-order valence-corrected chi connectivity index (χ0v) is 23.9. The molecule has 4 amide bonds. The number of carbonyl (C=O) groups is 3. The van der Waals surface area contributed by atoms with Crippen LogP contribution in [0, 0.1) is 6.92 Å². The maximum Gasteiger partial charge on any atom is 0.344 e. The molecule has 2 aliphatic rings. The van der Waals surface area contributed by atoms with Gasteiger partial charge in [0, 0.05) is 41.0 Å². The smallest absolute Gasteiger partial charge is 0.338 e. The van der Waals surface area contributed by atoms with E-state index < -0.39 is 16.8 Å². The first-order chi connectivity index (χ1) is 17.1. The molecule has 36 heavy (non-hydrogen) atoms. The summed E-state index contributed by atoms with van der Waals surface area (Å²) in [6.07, 6.45) is 3.67. The molecule has 1 atom stereocenters. The third-order valence-corrected chi connectivity index (χ3v) is 8.92. The van der Waals surface area contributed by atoms with Gasteiger partial charge in [-0.3, -0.25) is 9.80 Å². The minimum Gasteiger partial charge on any atom is -0.338 e. The second-order valence-corrected chi connectivity index (χ2v) is 11.6. The zero-order valence-electron chi connectivity index (χ0n) is 21.0. The first-order valence-corrected chi connectivity index (χ1v) is 14.6. The van der Waals surface area contributed by atoms with Crippen LogP contribution >= 0.6 is 34.4 Å². The Kier molecular flexibility index (Phi) is 8.15. The number of alkyl halides is 1. The number of imidazole rings is 1. The summed E-state index contributed by atoms with van der Waals surface area (Å²) in [7, 11) is 0. The Balaban J connectivity index is 1.38. The van der Waals surface area contributed by atoms with Gasteiger partial charge in [0.25, 0.3) is 0 Å². The lowest BCUT2D eigenvalue weighted by Crippen LogP contribution is -2.62. The van der Waals surface area contributed by atoms with E-state index in [1.807, 2.05) is 56.3 Å². The molecular formula is C24H32IN7O3S. The maximum absolute atomic E-state index is 13.6. The molecule has 0 saturated carbocycles. The Hall–Kier alpha value is -2.32. The number of thioether (sulfide) groups is 1. The number of benzene rings is 1. The van der Waals surface area contributed by atoms with Crippen LogP contribution in [0.5, 0.6) is 0 Å². The van der Waals surface area contributed by atoms with Crippen molar-refractivity contribution in [1.29, 1.82) is 0 Å². The number of urea groups is 1. The van der Waals surface area contributed by atoms with Gasteiger partial charge in [-0.15, -0.1) is 0 Å². The first kappa shape index (κ1) is 26.7. The zero-order chi connectivity index (χ0) is 26.0. The Labute approximate surface area is 229 Å². The van der Waals surface area contributed by atoms with Crippen molar-refractivity contribution in [3.8, 4) is 0 Å². The molecule has 0 radical (unpaired) electrons. The van der Waals surface area contributed by atoms with Gasteiger partial charge >= 0.3 is 12.1 Å². The summed E-state index contributed by atoms with van der Waals surface area (Å²) in [5.74, 6) is 0.558. The second-order valence-electron chi connectivity index (χ2n) is 9.42. The topological polar surface area (TPSA) is 103 Å². The van der Waals surface area contributed by atoms with E-state index in [0.29, 0.717) is 44.2 Å². The molecule has 1 saturated heterocycles. The number of fused-ring (bicyclic) bond motifs is 1. The van der Waals surface area contributed by atoms with Crippen LogP contribution in [0.1, 0.15) is 30.9 Å². The molecule has 194 valence electrons. The number of nitrogens with zero attached hydrogens (tertiary/aromatic N) is 5. The van der Waals surface area contributed by atoms with Crippen LogP contribution in [0.15, 0.2) is 30.5 Å². The van der Waals surface area contributed by atoms with Crippen molar-refractivity contribution in [3.63, 3.8) is 0 Å². The predicted octanol–water partition coefficient (Wildman–Crippen LogP) is 3.30. The highest BCUT2D eigenvalue weighted by molar-refractivity contribution is 14.1. The van der Waals surface area contributed by atoms with Crippen LogP contribution in [0.2, 0.25) is 0 Å². The summed E-state index contributed by atoms with van der Waals surface area (Å²) in [6.45, 7) is 8.23. The fourth-order valence-corrected chi connectivity index (χ4v) is 5.29. The SMILES string of the molecule is CSC(C)(C)[C@@H](NC(=O)Nc1ccc(CI)cc1)C(=O)N1CCN(N2Cc3cnc(C)n3C2=O)CC1. The number of piperazine rings is 1. The van der Waals surface area contributed by atoms with E-state index >= 15 is 0 Å². The standard InChI is InChI=1S/C24H32IN7O3S/c1-16-26-14-19-15-31(23(35)32(16)19)30-11-9-29(10-12-30)21(33)20(24(2,3)36-4)28-22(34)27-18-7-5-17(13-25)6-8-18/h5-8,14,20H,9-13,15H2,1-4H3,(H2,27,28,34)/t20-/m0/s1. The van der Waals surface area contributed by atoms with Crippen molar-refractivity contribution in [2.75, 3.05) is 37.8 Å². The Bertz CT molecular complexity index is 1130. The van der Waals surface area contributed by atoms with E-state index in [4.69, 9.17) is 0 Å². The van der Waals surface area contributed by atoms with Gasteiger partial charge in [-0.1, -0.05) is 34.7 Å². The lowest BCUT2D eigenvalue weighted by molar-refractivity contribution is -0.137. The monoisotopic (exact) mass is 625 g/mol. The number of nitrogens with one attached hydrogen (secondary N) is 2. The van der Waals surface area contributed by atoms with E-state index in [0.717, 1.165) is 10.1 Å². The lowest BCUT2D eigenvalue weighted by atomic mass is 10.0. The lowest BCUT2D eigenvalue weighted by Gasteiger charge is -2.42. The number of aryl methyl sites for hydroxylation is 1. The Morgan fingerprint density at radius 2 is 1.83 bits per heavy atom. The molecular weight excluding hydrogens is 593 g/mol. The highest BCUT2D eigenvalue weighted by Gasteiger charge is 2.41. The Morgan fingerprint density at radius 3 is 2.42 bits per heavy atom. The molecule has 0 bridgehead atoms. The highest BCUT2D eigenvalue weighted by atomic mass is 127. The first-order valence-electron chi connectivity index (χ1n) is 11.8. The van der Waals surface area contributed by atoms with Crippen LogP contribution in [0.4, 0.5) is 15.3 Å². The minimum atomic E-state index is -0.712. The van der Waals surface area contributed by atoms with Crippen molar-refractivity contribution in [1.82, 2.24) is 29.8 Å². The van der Waals surface area contributed by atoms with Gasteiger partial charge < -0.3 is 15.5 Å². The molecule has 1 fully saturated rings. The van der Waals surface area contributed by atoms with Gasteiger partial charge in [-0.2, -0.15) is 11.8 Å². The van der Waals surface area contributed by atoms with Gasteiger partial charge in [0.2, 0.25) is 5.91 Å². The number of hydrazine groups is 1. The molecule has 3 heterocycles. The van der Waals surface area contributed by atoms with Gasteiger partial charge in [0.05, 0.1) is 18.4 Å². The fraction of sp³-hybridized carbons (Fsp3) is 0.500. The van der Waals surface area contributed by atoms with Crippen molar-refractivity contribution in [2.45, 2.75) is 42.5 Å². The predicted molar refractivity (Wildman–Crippen MR) is 149 cm³/mol. The highest BCUT2D eigenvalue weighted by Crippen LogP contribution is 2.28. The average molecular weight is 626 g/mol. The van der Waals surface area contributed by atoms with E-state index in [-0.39, 0.29) is 11.9 Å². The fourth-order valence-electron chi connectivity index (χ4n) is 4.39. The molecule has 0 aliphatic carbocycles. The van der Waals surface area contributed by atoms with Gasteiger partial charge in [0.15, 0.2) is 0 Å². The number of anilines is 1. The van der Waals surface area contributed by atoms with Crippen LogP contribution in [0.3, 0.4) is 0 Å². The summed E-state index contributed by atoms with van der Waals surface area (Å²) in [4.78, 5) is 45.3.